The van der Waals surface area contributed by atoms with Crippen LogP contribution < -0.4 is 11.1 Å². The molecule has 1 atom stereocenters. The molecule has 3 rings (SSSR count). The number of nitrogens with zero attached hydrogens (tertiary/aromatic N) is 1. The Labute approximate surface area is 160 Å². The molecule has 1 aromatic heterocycles. The lowest BCUT2D eigenvalue weighted by molar-refractivity contribution is 0.0932. The SMILES string of the molecule is CC(CNC(=O)c1coc(CN)c1)N1CCc2ccccc2C1.Cl.Cl. The molecule has 3 N–H and O–H groups in total. The Morgan fingerprint density at radius 3 is 2.72 bits per heavy atom. The van der Waals surface area contributed by atoms with Gasteiger partial charge in [-0.05, 0) is 30.5 Å². The number of nitrogens with one attached hydrogen (secondary N) is 1. The second-order valence-corrected chi connectivity index (χ2v) is 6.05. The quantitative estimate of drug-likeness (QED) is 0.829. The molecule has 5 nitrogen and oxygen atoms in total. The van der Waals surface area contributed by atoms with E-state index in [1.807, 2.05) is 0 Å². The number of rotatable bonds is 5. The van der Waals surface area contributed by atoms with E-state index in [-0.39, 0.29) is 36.8 Å². The van der Waals surface area contributed by atoms with Crippen LogP contribution in [0.5, 0.6) is 0 Å². The van der Waals surface area contributed by atoms with Crippen molar-refractivity contribution in [3.8, 4) is 0 Å². The van der Waals surface area contributed by atoms with Crippen molar-refractivity contribution in [1.82, 2.24) is 10.2 Å². The third kappa shape index (κ3) is 5.22. The number of halogens is 2. The summed E-state index contributed by atoms with van der Waals surface area (Å²) in [5.41, 5.74) is 8.85. The van der Waals surface area contributed by atoms with Crippen molar-refractivity contribution in [2.45, 2.75) is 32.5 Å². The minimum absolute atomic E-state index is 0. The molecule has 0 fully saturated rings. The van der Waals surface area contributed by atoms with E-state index in [4.69, 9.17) is 10.2 Å². The average molecular weight is 386 g/mol. The number of benzene rings is 1. The first-order valence-electron chi connectivity index (χ1n) is 8.04. The third-order valence-corrected chi connectivity index (χ3v) is 4.46. The van der Waals surface area contributed by atoms with Crippen LogP contribution in [-0.4, -0.2) is 29.9 Å². The summed E-state index contributed by atoms with van der Waals surface area (Å²) in [5.74, 6) is 0.508. The first-order chi connectivity index (χ1) is 11.2. The van der Waals surface area contributed by atoms with Gasteiger partial charge in [-0.15, -0.1) is 24.8 Å². The van der Waals surface area contributed by atoms with E-state index in [2.05, 4.69) is 41.4 Å². The summed E-state index contributed by atoms with van der Waals surface area (Å²) in [7, 11) is 0. The van der Waals surface area contributed by atoms with Crippen molar-refractivity contribution < 1.29 is 9.21 Å². The second-order valence-electron chi connectivity index (χ2n) is 6.05. The molecule has 7 heteroatoms. The largest absolute Gasteiger partial charge is 0.467 e. The van der Waals surface area contributed by atoms with Crippen molar-refractivity contribution >= 4 is 30.7 Å². The third-order valence-electron chi connectivity index (χ3n) is 4.46. The lowest BCUT2D eigenvalue weighted by Gasteiger charge is -2.33. The van der Waals surface area contributed by atoms with E-state index in [0.29, 0.717) is 24.4 Å². The Morgan fingerprint density at radius 2 is 2.04 bits per heavy atom. The minimum atomic E-state index is -0.113. The normalized spacial score (nSPS) is 14.6. The van der Waals surface area contributed by atoms with Crippen molar-refractivity contribution in [3.63, 3.8) is 0 Å². The van der Waals surface area contributed by atoms with Crippen LogP contribution in [-0.2, 0) is 19.5 Å². The topological polar surface area (TPSA) is 71.5 Å². The number of hydrogen-bond donors (Lipinski definition) is 2. The van der Waals surface area contributed by atoms with Crippen LogP contribution in [0.1, 0.15) is 34.2 Å². The highest BCUT2D eigenvalue weighted by Gasteiger charge is 2.21. The van der Waals surface area contributed by atoms with Gasteiger partial charge in [0.1, 0.15) is 12.0 Å². The molecule has 138 valence electrons. The van der Waals surface area contributed by atoms with Crippen LogP contribution >= 0.6 is 24.8 Å². The van der Waals surface area contributed by atoms with Crippen molar-refractivity contribution in [2.24, 2.45) is 5.73 Å². The van der Waals surface area contributed by atoms with Gasteiger partial charge in [-0.3, -0.25) is 9.69 Å². The van der Waals surface area contributed by atoms with Gasteiger partial charge in [0.25, 0.3) is 5.91 Å². The molecular weight excluding hydrogens is 361 g/mol. The Bertz CT molecular complexity index is 690. The number of furan rings is 1. The highest BCUT2D eigenvalue weighted by Crippen LogP contribution is 2.20. The summed E-state index contributed by atoms with van der Waals surface area (Å²) >= 11 is 0. The first-order valence-corrected chi connectivity index (χ1v) is 8.04. The van der Waals surface area contributed by atoms with E-state index in [1.54, 1.807) is 6.07 Å². The summed E-state index contributed by atoms with van der Waals surface area (Å²) < 4.78 is 5.20. The fourth-order valence-electron chi connectivity index (χ4n) is 2.97. The van der Waals surface area contributed by atoms with E-state index in [0.717, 1.165) is 19.5 Å². The van der Waals surface area contributed by atoms with Gasteiger partial charge in [0.2, 0.25) is 0 Å². The number of hydrogen-bond acceptors (Lipinski definition) is 4. The van der Waals surface area contributed by atoms with Gasteiger partial charge in [-0.1, -0.05) is 24.3 Å². The van der Waals surface area contributed by atoms with Crippen LogP contribution in [0.2, 0.25) is 0 Å². The Balaban J connectivity index is 0.00000156. The molecule has 2 heterocycles. The molecule has 1 unspecified atom stereocenters. The van der Waals surface area contributed by atoms with Crippen LogP contribution in [0.25, 0.3) is 0 Å². The highest BCUT2D eigenvalue weighted by atomic mass is 35.5. The zero-order valence-electron chi connectivity index (χ0n) is 14.2. The summed E-state index contributed by atoms with van der Waals surface area (Å²) in [5, 5.41) is 2.98. The van der Waals surface area contributed by atoms with E-state index in [9.17, 15) is 4.79 Å². The van der Waals surface area contributed by atoms with Crippen molar-refractivity contribution in [2.75, 3.05) is 13.1 Å². The lowest BCUT2D eigenvalue weighted by Crippen LogP contribution is -2.44. The van der Waals surface area contributed by atoms with Gasteiger partial charge in [-0.25, -0.2) is 0 Å². The number of carbonyl (C=O) groups excluding carboxylic acids is 1. The fraction of sp³-hybridized carbons (Fsp3) is 0.389. The Kier molecular flexibility index (Phi) is 8.45. The van der Waals surface area contributed by atoms with Gasteiger partial charge in [0.15, 0.2) is 0 Å². The minimum Gasteiger partial charge on any atom is -0.467 e. The van der Waals surface area contributed by atoms with Gasteiger partial charge >= 0.3 is 0 Å². The summed E-state index contributed by atoms with van der Waals surface area (Å²) in [6, 6.07) is 10.5. The first kappa shape index (κ1) is 21.5. The number of amides is 1. The molecule has 1 aliphatic rings. The molecular formula is C18H25Cl2N3O2. The van der Waals surface area contributed by atoms with Crippen LogP contribution in [0.15, 0.2) is 41.0 Å². The molecule has 0 aliphatic carbocycles. The Morgan fingerprint density at radius 1 is 1.32 bits per heavy atom. The number of carbonyl (C=O) groups is 1. The van der Waals surface area contributed by atoms with E-state index >= 15 is 0 Å². The molecule has 0 spiro atoms. The van der Waals surface area contributed by atoms with Crippen molar-refractivity contribution in [1.29, 1.82) is 0 Å². The van der Waals surface area contributed by atoms with Crippen LogP contribution in [0, 0.1) is 0 Å². The maximum atomic E-state index is 12.1. The summed E-state index contributed by atoms with van der Waals surface area (Å²) in [6.45, 7) is 5.03. The van der Waals surface area contributed by atoms with Crippen LogP contribution in [0.3, 0.4) is 0 Å². The van der Waals surface area contributed by atoms with E-state index < -0.39 is 0 Å². The monoisotopic (exact) mass is 385 g/mol. The predicted octanol–water partition coefficient (Wildman–Crippen LogP) is 2.76. The smallest absolute Gasteiger partial charge is 0.254 e. The maximum absolute atomic E-state index is 12.1. The molecule has 0 saturated heterocycles. The number of fused-ring (bicyclic) bond motifs is 1. The standard InChI is InChI=1S/C18H23N3O2.2ClH/c1-13(10-20-18(22)16-8-17(9-19)23-12-16)21-7-6-14-4-2-3-5-15(14)11-21;;/h2-5,8,12-13H,6-7,9-11,19H2,1H3,(H,20,22);2*1H. The second kappa shape index (κ2) is 9.82. The van der Waals surface area contributed by atoms with Gasteiger partial charge < -0.3 is 15.5 Å². The van der Waals surface area contributed by atoms with Gasteiger partial charge in [0.05, 0.1) is 12.1 Å². The highest BCUT2D eigenvalue weighted by molar-refractivity contribution is 5.93. The van der Waals surface area contributed by atoms with Gasteiger partial charge in [-0.2, -0.15) is 0 Å². The molecule has 25 heavy (non-hydrogen) atoms. The summed E-state index contributed by atoms with van der Waals surface area (Å²) in [6.07, 6.45) is 2.52. The molecule has 2 aromatic rings. The average Bonchev–Trinajstić information content (AvgIpc) is 3.08. The maximum Gasteiger partial charge on any atom is 0.254 e. The molecule has 1 aliphatic heterocycles. The molecule has 0 saturated carbocycles. The fourth-order valence-corrected chi connectivity index (χ4v) is 2.97. The molecule has 0 bridgehead atoms. The molecule has 1 aromatic carbocycles. The molecule has 1 amide bonds. The lowest BCUT2D eigenvalue weighted by atomic mass is 9.99. The van der Waals surface area contributed by atoms with Crippen molar-refractivity contribution in [3.05, 3.63) is 59.0 Å². The van der Waals surface area contributed by atoms with Gasteiger partial charge in [0, 0.05) is 25.7 Å². The Hall–Kier alpha value is -1.53. The zero-order valence-corrected chi connectivity index (χ0v) is 15.9. The zero-order chi connectivity index (χ0) is 16.2. The molecule has 0 radical (unpaired) electrons. The van der Waals surface area contributed by atoms with E-state index in [1.165, 1.54) is 17.4 Å². The predicted molar refractivity (Wildman–Crippen MR) is 103 cm³/mol. The number of nitrogens with two attached hydrogens (primary N) is 1. The van der Waals surface area contributed by atoms with Crippen LogP contribution in [0.4, 0.5) is 0 Å². The summed E-state index contributed by atoms with van der Waals surface area (Å²) in [4.78, 5) is 14.5.